The van der Waals surface area contributed by atoms with E-state index in [-0.39, 0.29) is 17.9 Å². The van der Waals surface area contributed by atoms with Crippen LogP contribution in [0.15, 0.2) is 29.2 Å². The molecule has 1 aliphatic rings. The molecular weight excluding hydrogens is 380 g/mol. The van der Waals surface area contributed by atoms with E-state index in [9.17, 15) is 19.8 Å². The lowest BCUT2D eigenvalue weighted by atomic mass is 9.93. The fourth-order valence-electron chi connectivity index (χ4n) is 3.51. The number of phenolic OH excluding ortho intramolecular Hbond substituents is 1. The molecule has 0 bridgehead atoms. The van der Waals surface area contributed by atoms with Crippen molar-refractivity contribution in [2.75, 3.05) is 7.11 Å². The number of rotatable bonds is 7. The molecule has 1 aromatic carbocycles. The Labute approximate surface area is 167 Å². The molecule has 1 aromatic heterocycles. The van der Waals surface area contributed by atoms with Gasteiger partial charge in [0.05, 0.1) is 13.0 Å². The third kappa shape index (κ3) is 3.62. The number of thiophene rings is 1. The summed E-state index contributed by atoms with van der Waals surface area (Å²) in [5, 5.41) is 22.1. The molecule has 148 valence electrons. The Bertz CT molecular complexity index is 943. The fraction of sp³-hybridized carbons (Fsp3) is 0.333. The van der Waals surface area contributed by atoms with Crippen LogP contribution in [0, 0.1) is 6.92 Å². The highest BCUT2D eigenvalue weighted by atomic mass is 32.1. The van der Waals surface area contributed by atoms with Crippen LogP contribution in [-0.2, 0) is 22.6 Å². The molecule has 0 radical (unpaired) electrons. The minimum absolute atomic E-state index is 0.125. The summed E-state index contributed by atoms with van der Waals surface area (Å²) in [5.74, 6) is -1.62. The Kier molecular flexibility index (Phi) is 5.74. The number of benzene rings is 1. The van der Waals surface area contributed by atoms with Crippen LogP contribution in [0.25, 0.3) is 0 Å². The average Bonchev–Trinajstić information content (AvgIpc) is 3.31. The Hall–Kier alpha value is -2.80. The number of esters is 1. The first-order valence-electron chi connectivity index (χ1n) is 8.85. The molecule has 2 aromatic rings. The third-order valence-corrected chi connectivity index (χ3v) is 6.00. The topological polar surface area (TPSA) is 93.1 Å². The minimum atomic E-state index is -0.869. The zero-order chi connectivity index (χ0) is 20.4. The van der Waals surface area contributed by atoms with Gasteiger partial charge in [-0.25, -0.2) is 4.79 Å². The number of carbonyl (C=O) groups is 2. The highest BCUT2D eigenvalue weighted by Gasteiger charge is 2.32. The molecule has 1 unspecified atom stereocenters. The van der Waals surface area contributed by atoms with Crippen LogP contribution in [0.3, 0.4) is 0 Å². The SMILES string of the molecule is COc1c(C)c2c(c(O)c1C/C=C(\C)CC(C(=O)O)c1cccs1)C(=O)OC2. The first kappa shape index (κ1) is 19.9. The summed E-state index contributed by atoms with van der Waals surface area (Å²) in [7, 11) is 1.52. The number of carboxylic acid groups (broad SMARTS) is 1. The Balaban J connectivity index is 1.89. The predicted octanol–water partition coefficient (Wildman–Crippen LogP) is 4.19. The van der Waals surface area contributed by atoms with Crippen LogP contribution in [0.5, 0.6) is 11.5 Å². The molecule has 7 heteroatoms. The first-order valence-corrected chi connectivity index (χ1v) is 9.73. The van der Waals surface area contributed by atoms with Crippen LogP contribution >= 0.6 is 11.3 Å². The van der Waals surface area contributed by atoms with E-state index in [1.54, 1.807) is 0 Å². The number of aromatic hydroxyl groups is 1. The average molecular weight is 402 g/mol. The first-order chi connectivity index (χ1) is 13.3. The molecule has 0 amide bonds. The van der Waals surface area contributed by atoms with Crippen molar-refractivity contribution in [2.45, 2.75) is 39.2 Å². The van der Waals surface area contributed by atoms with Crippen molar-refractivity contribution in [2.24, 2.45) is 0 Å². The molecule has 2 heterocycles. The van der Waals surface area contributed by atoms with Gasteiger partial charge < -0.3 is 19.7 Å². The summed E-state index contributed by atoms with van der Waals surface area (Å²) >= 11 is 1.42. The van der Waals surface area contributed by atoms with Crippen molar-refractivity contribution in [3.63, 3.8) is 0 Å². The van der Waals surface area contributed by atoms with Crippen LogP contribution in [0.4, 0.5) is 0 Å². The van der Waals surface area contributed by atoms with Gasteiger partial charge in [0.25, 0.3) is 0 Å². The van der Waals surface area contributed by atoms with Gasteiger partial charge in [-0.05, 0) is 43.7 Å². The number of cyclic esters (lactones) is 1. The molecule has 0 saturated heterocycles. The van der Waals surface area contributed by atoms with Gasteiger partial charge >= 0.3 is 11.9 Å². The predicted molar refractivity (Wildman–Crippen MR) is 105 cm³/mol. The number of hydrogen-bond acceptors (Lipinski definition) is 6. The van der Waals surface area contributed by atoms with E-state index in [1.807, 2.05) is 37.4 Å². The van der Waals surface area contributed by atoms with Crippen molar-refractivity contribution in [1.82, 2.24) is 0 Å². The second kappa shape index (κ2) is 8.06. The number of phenols is 1. The molecule has 0 fully saturated rings. The number of carboxylic acids is 1. The number of ether oxygens (including phenoxy) is 2. The third-order valence-electron chi connectivity index (χ3n) is 5.01. The number of methoxy groups -OCH3 is 1. The monoisotopic (exact) mass is 402 g/mol. The van der Waals surface area contributed by atoms with Gasteiger partial charge in [-0.3, -0.25) is 4.79 Å². The number of allylic oxidation sites excluding steroid dienone is 2. The number of carbonyl (C=O) groups excluding carboxylic acids is 1. The molecule has 28 heavy (non-hydrogen) atoms. The molecule has 0 spiro atoms. The lowest BCUT2D eigenvalue weighted by molar-refractivity contribution is -0.138. The molecule has 1 aliphatic heterocycles. The smallest absolute Gasteiger partial charge is 0.342 e. The summed E-state index contributed by atoms with van der Waals surface area (Å²) in [5.41, 5.74) is 2.99. The maximum absolute atomic E-state index is 12.0. The van der Waals surface area contributed by atoms with E-state index < -0.39 is 17.9 Å². The second-order valence-corrected chi connectivity index (χ2v) is 7.76. The minimum Gasteiger partial charge on any atom is -0.507 e. The molecule has 0 saturated carbocycles. The van der Waals surface area contributed by atoms with Crippen molar-refractivity contribution in [3.8, 4) is 11.5 Å². The maximum Gasteiger partial charge on any atom is 0.342 e. The van der Waals surface area contributed by atoms with Gasteiger partial charge in [0.2, 0.25) is 0 Å². The quantitative estimate of drug-likeness (QED) is 0.533. The van der Waals surface area contributed by atoms with Crippen LogP contribution < -0.4 is 4.74 Å². The number of fused-ring (bicyclic) bond motifs is 1. The Morgan fingerprint density at radius 3 is 2.82 bits per heavy atom. The molecule has 6 nitrogen and oxygen atoms in total. The van der Waals surface area contributed by atoms with E-state index in [0.717, 1.165) is 16.0 Å². The summed E-state index contributed by atoms with van der Waals surface area (Å²) in [6.45, 7) is 3.82. The van der Waals surface area contributed by atoms with Gasteiger partial charge in [-0.15, -0.1) is 11.3 Å². The Morgan fingerprint density at radius 2 is 2.21 bits per heavy atom. The molecule has 1 atom stereocenters. The van der Waals surface area contributed by atoms with E-state index in [1.165, 1.54) is 18.4 Å². The molecule has 3 rings (SSSR count). The van der Waals surface area contributed by atoms with E-state index >= 15 is 0 Å². The largest absolute Gasteiger partial charge is 0.507 e. The highest BCUT2D eigenvalue weighted by Crippen LogP contribution is 2.42. The standard InChI is InChI=1S/C21H22O6S/c1-11(9-14(20(23)24)16-5-4-8-28-16)6-7-13-18(22)17-15(10-27-21(17)25)12(2)19(13)26-3/h4-6,8,14,22H,7,9-10H2,1-3H3,(H,23,24)/b11-6+. The zero-order valence-corrected chi connectivity index (χ0v) is 16.8. The normalized spacial score (nSPS) is 14.5. The van der Waals surface area contributed by atoms with Gasteiger partial charge in [0.15, 0.2) is 0 Å². The molecule has 2 N–H and O–H groups in total. The lowest BCUT2D eigenvalue weighted by Crippen LogP contribution is -2.10. The van der Waals surface area contributed by atoms with Gasteiger partial charge in [0, 0.05) is 16.0 Å². The number of aliphatic carboxylic acids is 1. The van der Waals surface area contributed by atoms with Crippen molar-refractivity contribution < 1.29 is 29.3 Å². The Morgan fingerprint density at radius 1 is 1.46 bits per heavy atom. The highest BCUT2D eigenvalue weighted by molar-refractivity contribution is 7.10. The van der Waals surface area contributed by atoms with Crippen molar-refractivity contribution in [3.05, 3.63) is 56.3 Å². The van der Waals surface area contributed by atoms with Gasteiger partial charge in [-0.1, -0.05) is 17.7 Å². The van der Waals surface area contributed by atoms with Gasteiger partial charge in [0.1, 0.15) is 23.7 Å². The van der Waals surface area contributed by atoms with Crippen LogP contribution in [-0.4, -0.2) is 29.3 Å². The van der Waals surface area contributed by atoms with E-state index in [0.29, 0.717) is 29.7 Å². The van der Waals surface area contributed by atoms with E-state index in [2.05, 4.69) is 0 Å². The van der Waals surface area contributed by atoms with Crippen LogP contribution in [0.2, 0.25) is 0 Å². The molecule has 0 aliphatic carbocycles. The fourth-order valence-corrected chi connectivity index (χ4v) is 4.33. The van der Waals surface area contributed by atoms with E-state index in [4.69, 9.17) is 9.47 Å². The molecular formula is C21H22O6S. The summed E-state index contributed by atoms with van der Waals surface area (Å²) in [6.07, 6.45) is 2.55. The number of hydrogen-bond donors (Lipinski definition) is 2. The van der Waals surface area contributed by atoms with Crippen molar-refractivity contribution in [1.29, 1.82) is 0 Å². The summed E-state index contributed by atoms with van der Waals surface area (Å²) in [6, 6.07) is 3.66. The summed E-state index contributed by atoms with van der Waals surface area (Å²) < 4.78 is 10.5. The van der Waals surface area contributed by atoms with Crippen LogP contribution in [0.1, 0.15) is 51.2 Å². The zero-order valence-electron chi connectivity index (χ0n) is 15.9. The maximum atomic E-state index is 12.0. The lowest BCUT2D eigenvalue weighted by Gasteiger charge is -2.16. The van der Waals surface area contributed by atoms with Crippen molar-refractivity contribution >= 4 is 23.3 Å². The van der Waals surface area contributed by atoms with Gasteiger partial charge in [-0.2, -0.15) is 0 Å². The summed E-state index contributed by atoms with van der Waals surface area (Å²) in [4.78, 5) is 24.4. The second-order valence-electron chi connectivity index (χ2n) is 6.78.